The van der Waals surface area contributed by atoms with Gasteiger partial charge in [-0.2, -0.15) is 0 Å². The van der Waals surface area contributed by atoms with Crippen LogP contribution in [0.5, 0.6) is 5.75 Å². The van der Waals surface area contributed by atoms with E-state index in [1.807, 2.05) is 6.92 Å². The monoisotopic (exact) mass is 313 g/mol. The van der Waals surface area contributed by atoms with E-state index in [9.17, 15) is 24.9 Å². The highest BCUT2D eigenvalue weighted by molar-refractivity contribution is 5.69. The van der Waals surface area contributed by atoms with Crippen molar-refractivity contribution in [3.8, 4) is 5.75 Å². The molecule has 2 heterocycles. The lowest BCUT2D eigenvalue weighted by Gasteiger charge is -2.17. The van der Waals surface area contributed by atoms with Crippen molar-refractivity contribution in [3.05, 3.63) is 28.7 Å². The molecule has 3 N–H and O–H groups in total. The molecule has 1 aliphatic rings. The second kappa shape index (κ2) is 6.91. The van der Waals surface area contributed by atoms with Gasteiger partial charge < -0.3 is 24.8 Å². The molecule has 8 heteroatoms. The van der Waals surface area contributed by atoms with E-state index in [0.29, 0.717) is 6.42 Å². The van der Waals surface area contributed by atoms with Gasteiger partial charge in [0.2, 0.25) is 0 Å². The summed E-state index contributed by atoms with van der Waals surface area (Å²) in [5.74, 6) is -0.627. The van der Waals surface area contributed by atoms with Gasteiger partial charge in [0.1, 0.15) is 30.7 Å². The molecule has 2 rings (SSSR count). The van der Waals surface area contributed by atoms with Gasteiger partial charge in [-0.25, -0.2) is 0 Å². The Morgan fingerprint density at radius 1 is 1.41 bits per heavy atom. The molecule has 4 atom stereocenters. The fraction of sp³-hybridized carbons (Fsp3) is 0.571. The van der Waals surface area contributed by atoms with Gasteiger partial charge in [0.15, 0.2) is 6.23 Å². The summed E-state index contributed by atoms with van der Waals surface area (Å²) in [4.78, 5) is 23.1. The van der Waals surface area contributed by atoms with Crippen molar-refractivity contribution in [1.82, 2.24) is 4.57 Å². The molecule has 122 valence electrons. The standard InChI is InChI=1S/C14H19NO7/c1-2-3-11(18)21-7-9-12(19)13(20)14(22-9)15-5-4-8(16)6-10(15)17/h4-6,9,12-14,16,19-20H,2-3,7H2,1H3/t9-,12-,13-,14-/m1/s1. The molecule has 1 fully saturated rings. The van der Waals surface area contributed by atoms with E-state index in [0.717, 1.165) is 10.6 Å². The average Bonchev–Trinajstić information content (AvgIpc) is 2.74. The summed E-state index contributed by atoms with van der Waals surface area (Å²) in [7, 11) is 0. The lowest BCUT2D eigenvalue weighted by atomic mass is 10.1. The summed E-state index contributed by atoms with van der Waals surface area (Å²) in [6, 6.07) is 2.23. The lowest BCUT2D eigenvalue weighted by Crippen LogP contribution is -2.35. The Balaban J connectivity index is 2.06. The number of nitrogens with zero attached hydrogens (tertiary/aromatic N) is 1. The largest absolute Gasteiger partial charge is 0.508 e. The fourth-order valence-corrected chi connectivity index (χ4v) is 2.24. The second-order valence-corrected chi connectivity index (χ2v) is 5.11. The van der Waals surface area contributed by atoms with Crippen LogP contribution in [0.2, 0.25) is 0 Å². The van der Waals surface area contributed by atoms with Crippen LogP contribution in [0.25, 0.3) is 0 Å². The van der Waals surface area contributed by atoms with E-state index < -0.39 is 36.1 Å². The molecule has 0 radical (unpaired) electrons. The summed E-state index contributed by atoms with van der Waals surface area (Å²) in [6.07, 6.45) is -2.53. The van der Waals surface area contributed by atoms with Gasteiger partial charge in [0, 0.05) is 18.7 Å². The Morgan fingerprint density at radius 3 is 2.77 bits per heavy atom. The zero-order chi connectivity index (χ0) is 16.3. The average molecular weight is 313 g/mol. The Hall–Kier alpha value is -1.90. The number of aliphatic hydroxyl groups is 2. The molecular formula is C14H19NO7. The minimum Gasteiger partial charge on any atom is -0.508 e. The first-order valence-electron chi connectivity index (χ1n) is 7.02. The smallest absolute Gasteiger partial charge is 0.305 e. The van der Waals surface area contributed by atoms with Gasteiger partial charge in [0.25, 0.3) is 5.56 Å². The maximum absolute atomic E-state index is 11.8. The van der Waals surface area contributed by atoms with Gasteiger partial charge in [0.05, 0.1) is 0 Å². The molecule has 1 aromatic rings. The van der Waals surface area contributed by atoms with Gasteiger partial charge in [-0.3, -0.25) is 14.2 Å². The summed E-state index contributed by atoms with van der Waals surface area (Å²) >= 11 is 0. The van der Waals surface area contributed by atoms with Crippen LogP contribution in [0.15, 0.2) is 23.1 Å². The van der Waals surface area contributed by atoms with Crippen LogP contribution in [0.4, 0.5) is 0 Å². The molecule has 0 unspecified atom stereocenters. The van der Waals surface area contributed by atoms with E-state index in [2.05, 4.69) is 0 Å². The molecule has 0 saturated carbocycles. The Bertz CT molecular complexity index is 585. The van der Waals surface area contributed by atoms with Crippen LogP contribution in [-0.2, 0) is 14.3 Å². The van der Waals surface area contributed by atoms with Crippen LogP contribution in [0.3, 0.4) is 0 Å². The van der Waals surface area contributed by atoms with E-state index in [4.69, 9.17) is 9.47 Å². The summed E-state index contributed by atoms with van der Waals surface area (Å²) in [5.41, 5.74) is -0.583. The highest BCUT2D eigenvalue weighted by Gasteiger charge is 2.44. The Morgan fingerprint density at radius 2 is 2.14 bits per heavy atom. The van der Waals surface area contributed by atoms with Crippen molar-refractivity contribution in [3.63, 3.8) is 0 Å². The van der Waals surface area contributed by atoms with Crippen molar-refractivity contribution in [2.24, 2.45) is 0 Å². The third-order valence-electron chi connectivity index (χ3n) is 3.41. The van der Waals surface area contributed by atoms with Crippen molar-refractivity contribution >= 4 is 5.97 Å². The van der Waals surface area contributed by atoms with Crippen molar-refractivity contribution in [1.29, 1.82) is 0 Å². The van der Waals surface area contributed by atoms with E-state index >= 15 is 0 Å². The molecule has 8 nitrogen and oxygen atoms in total. The van der Waals surface area contributed by atoms with Gasteiger partial charge in [-0.1, -0.05) is 6.92 Å². The molecule has 1 aromatic heterocycles. The molecule has 22 heavy (non-hydrogen) atoms. The summed E-state index contributed by atoms with van der Waals surface area (Å²) in [5, 5.41) is 29.2. The van der Waals surface area contributed by atoms with E-state index in [1.54, 1.807) is 0 Å². The number of hydrogen-bond donors (Lipinski definition) is 3. The number of esters is 1. The lowest BCUT2D eigenvalue weighted by molar-refractivity contribution is -0.150. The molecule has 0 amide bonds. The number of rotatable bonds is 5. The van der Waals surface area contributed by atoms with Crippen LogP contribution < -0.4 is 5.56 Å². The van der Waals surface area contributed by atoms with Crippen LogP contribution >= 0.6 is 0 Å². The van der Waals surface area contributed by atoms with Crippen LogP contribution in [0, 0.1) is 0 Å². The maximum Gasteiger partial charge on any atom is 0.305 e. The van der Waals surface area contributed by atoms with Crippen molar-refractivity contribution < 1.29 is 29.6 Å². The number of aliphatic hydroxyl groups excluding tert-OH is 2. The van der Waals surface area contributed by atoms with Crippen molar-refractivity contribution in [2.45, 2.75) is 44.3 Å². The minimum absolute atomic E-state index is 0.208. The number of aromatic nitrogens is 1. The number of ether oxygens (including phenoxy) is 2. The Labute approximate surface area is 126 Å². The minimum atomic E-state index is -1.35. The highest BCUT2D eigenvalue weighted by atomic mass is 16.6. The first-order chi connectivity index (χ1) is 10.4. The molecule has 1 aliphatic heterocycles. The molecule has 0 bridgehead atoms. The first-order valence-corrected chi connectivity index (χ1v) is 7.02. The van der Waals surface area contributed by atoms with Gasteiger partial charge in [-0.15, -0.1) is 0 Å². The number of hydrogen-bond acceptors (Lipinski definition) is 7. The summed E-state index contributed by atoms with van der Waals surface area (Å²) < 4.78 is 11.4. The predicted octanol–water partition coefficient (Wildman–Crippen LogP) is -0.484. The first kappa shape index (κ1) is 16.5. The zero-order valence-corrected chi connectivity index (χ0v) is 12.1. The number of pyridine rings is 1. The molecule has 0 aromatic carbocycles. The third-order valence-corrected chi connectivity index (χ3v) is 3.41. The molecule has 0 spiro atoms. The third kappa shape index (κ3) is 3.46. The van der Waals surface area contributed by atoms with E-state index in [1.165, 1.54) is 12.3 Å². The topological polar surface area (TPSA) is 118 Å². The van der Waals surface area contributed by atoms with Gasteiger partial charge >= 0.3 is 5.97 Å². The number of carbonyl (C=O) groups excluding carboxylic acids is 1. The van der Waals surface area contributed by atoms with Crippen molar-refractivity contribution in [2.75, 3.05) is 6.61 Å². The van der Waals surface area contributed by atoms with Crippen LogP contribution in [-0.4, -0.2) is 50.8 Å². The fourth-order valence-electron chi connectivity index (χ4n) is 2.24. The Kier molecular flexibility index (Phi) is 5.17. The highest BCUT2D eigenvalue weighted by Crippen LogP contribution is 2.28. The molecule has 0 aliphatic carbocycles. The normalized spacial score (nSPS) is 27.8. The quantitative estimate of drug-likeness (QED) is 0.628. The maximum atomic E-state index is 11.8. The number of carbonyl (C=O) groups is 1. The van der Waals surface area contributed by atoms with Gasteiger partial charge in [-0.05, 0) is 12.5 Å². The van der Waals surface area contributed by atoms with Crippen LogP contribution in [0.1, 0.15) is 26.0 Å². The molecular weight excluding hydrogens is 294 g/mol. The zero-order valence-electron chi connectivity index (χ0n) is 12.1. The second-order valence-electron chi connectivity index (χ2n) is 5.11. The summed E-state index contributed by atoms with van der Waals surface area (Å²) in [6.45, 7) is 1.62. The molecule has 1 saturated heterocycles. The SMILES string of the molecule is CCCC(=O)OC[C@H]1O[C@@H](n2ccc(O)cc2=O)[C@H](O)[C@@H]1O. The predicted molar refractivity (Wildman–Crippen MR) is 74.2 cm³/mol. The van der Waals surface area contributed by atoms with E-state index in [-0.39, 0.29) is 18.8 Å². The number of aromatic hydroxyl groups is 1.